The fraction of sp³-hybridized carbons (Fsp3) is 0.435. The predicted molar refractivity (Wildman–Crippen MR) is 121 cm³/mol. The van der Waals surface area contributed by atoms with Crippen molar-refractivity contribution in [3.8, 4) is 0 Å². The van der Waals surface area contributed by atoms with Crippen LogP contribution >= 0.6 is 0 Å². The van der Waals surface area contributed by atoms with E-state index >= 15 is 0 Å². The second-order valence-corrected chi connectivity index (χ2v) is 9.54. The lowest BCUT2D eigenvalue weighted by atomic mass is 10.0. The van der Waals surface area contributed by atoms with Gasteiger partial charge in [-0.1, -0.05) is 37.3 Å². The Morgan fingerprint density at radius 2 is 1.70 bits per heavy atom. The van der Waals surface area contributed by atoms with Gasteiger partial charge in [-0.2, -0.15) is 0 Å². The SMILES string of the molecule is CCc1ccc(C(CNC(=O)CCNS(=O)(=O)c2ccc(C)c(C)c2)N(C)C)cc1. The Balaban J connectivity index is 1.87. The third kappa shape index (κ3) is 6.65. The number of carbonyl (C=O) groups is 1. The second kappa shape index (κ2) is 10.7. The van der Waals surface area contributed by atoms with Gasteiger partial charge < -0.3 is 10.2 Å². The van der Waals surface area contributed by atoms with Crippen molar-refractivity contribution in [1.29, 1.82) is 0 Å². The number of benzene rings is 2. The minimum absolute atomic E-state index is 0.0482. The van der Waals surface area contributed by atoms with Gasteiger partial charge >= 0.3 is 0 Å². The van der Waals surface area contributed by atoms with Gasteiger partial charge in [-0.25, -0.2) is 13.1 Å². The summed E-state index contributed by atoms with van der Waals surface area (Å²) in [5, 5.41) is 2.92. The summed E-state index contributed by atoms with van der Waals surface area (Å²) in [6, 6.07) is 13.4. The Morgan fingerprint density at radius 1 is 1.03 bits per heavy atom. The summed E-state index contributed by atoms with van der Waals surface area (Å²) in [5.74, 6) is -0.185. The molecule has 0 heterocycles. The Hall–Kier alpha value is -2.22. The highest BCUT2D eigenvalue weighted by atomic mass is 32.2. The molecule has 2 aromatic carbocycles. The van der Waals surface area contributed by atoms with Crippen LogP contribution in [0, 0.1) is 13.8 Å². The Kier molecular flexibility index (Phi) is 8.58. The maximum absolute atomic E-state index is 12.4. The van der Waals surface area contributed by atoms with Gasteiger partial charge in [0.1, 0.15) is 0 Å². The van der Waals surface area contributed by atoms with Crippen LogP contribution in [0.2, 0.25) is 0 Å². The number of nitrogens with zero attached hydrogens (tertiary/aromatic N) is 1. The third-order valence-electron chi connectivity index (χ3n) is 5.32. The number of sulfonamides is 1. The standard InChI is InChI=1S/C23H33N3O3S/c1-6-19-8-10-20(11-9-19)22(26(4)5)16-24-23(27)13-14-25-30(28,29)21-12-7-17(2)18(3)15-21/h7-12,15,22,25H,6,13-14,16H2,1-5H3,(H,24,27). The molecule has 0 aliphatic rings. The normalized spacial score (nSPS) is 12.7. The molecular weight excluding hydrogens is 398 g/mol. The lowest BCUT2D eigenvalue weighted by molar-refractivity contribution is -0.121. The highest BCUT2D eigenvalue weighted by Gasteiger charge is 2.17. The van der Waals surface area contributed by atoms with Crippen molar-refractivity contribution in [2.24, 2.45) is 0 Å². The molecule has 0 saturated heterocycles. The number of hydrogen-bond donors (Lipinski definition) is 2. The molecule has 1 unspecified atom stereocenters. The lowest BCUT2D eigenvalue weighted by Gasteiger charge is -2.25. The topological polar surface area (TPSA) is 78.5 Å². The quantitative estimate of drug-likeness (QED) is 0.606. The monoisotopic (exact) mass is 431 g/mol. The van der Waals surface area contributed by atoms with E-state index in [1.54, 1.807) is 18.2 Å². The minimum Gasteiger partial charge on any atom is -0.354 e. The second-order valence-electron chi connectivity index (χ2n) is 7.77. The number of amides is 1. The van der Waals surface area contributed by atoms with Crippen LogP contribution in [-0.2, 0) is 21.2 Å². The van der Waals surface area contributed by atoms with Crippen LogP contribution in [0.15, 0.2) is 47.4 Å². The molecule has 2 N–H and O–H groups in total. The smallest absolute Gasteiger partial charge is 0.240 e. The van der Waals surface area contributed by atoms with Crippen LogP contribution in [0.3, 0.4) is 0 Å². The van der Waals surface area contributed by atoms with Gasteiger partial charge in [0.2, 0.25) is 15.9 Å². The molecule has 0 spiro atoms. The van der Waals surface area contributed by atoms with Crippen molar-refractivity contribution in [2.75, 3.05) is 27.2 Å². The van der Waals surface area contributed by atoms with Gasteiger partial charge in [0, 0.05) is 19.5 Å². The largest absolute Gasteiger partial charge is 0.354 e. The van der Waals surface area contributed by atoms with Crippen molar-refractivity contribution >= 4 is 15.9 Å². The highest BCUT2D eigenvalue weighted by Crippen LogP contribution is 2.18. The Morgan fingerprint density at radius 3 is 2.27 bits per heavy atom. The third-order valence-corrected chi connectivity index (χ3v) is 6.78. The molecule has 0 bridgehead atoms. The van der Waals surface area contributed by atoms with Crippen molar-refractivity contribution < 1.29 is 13.2 Å². The van der Waals surface area contributed by atoms with Gasteiger partial charge in [-0.15, -0.1) is 0 Å². The molecule has 0 fully saturated rings. The molecule has 6 nitrogen and oxygen atoms in total. The molecule has 2 aromatic rings. The number of likely N-dealkylation sites (N-methyl/N-ethyl adjacent to an activating group) is 1. The molecule has 164 valence electrons. The van der Waals surface area contributed by atoms with Crippen LogP contribution < -0.4 is 10.0 Å². The maximum atomic E-state index is 12.4. The Labute approximate surface area is 180 Å². The summed E-state index contributed by atoms with van der Waals surface area (Å²) in [4.78, 5) is 14.5. The number of carbonyl (C=O) groups excluding carboxylic acids is 1. The average molecular weight is 432 g/mol. The van der Waals surface area contributed by atoms with Gasteiger partial charge in [0.05, 0.1) is 10.9 Å². The van der Waals surface area contributed by atoms with Crippen molar-refractivity contribution in [2.45, 2.75) is 44.6 Å². The molecular formula is C23H33N3O3S. The first-order valence-electron chi connectivity index (χ1n) is 10.2. The number of nitrogens with one attached hydrogen (secondary N) is 2. The van der Waals surface area contributed by atoms with E-state index in [0.29, 0.717) is 6.54 Å². The molecule has 7 heteroatoms. The first-order valence-corrected chi connectivity index (χ1v) is 11.7. The summed E-state index contributed by atoms with van der Waals surface area (Å²) in [7, 11) is 0.321. The maximum Gasteiger partial charge on any atom is 0.240 e. The van der Waals surface area contributed by atoms with E-state index in [2.05, 4.69) is 46.1 Å². The summed E-state index contributed by atoms with van der Waals surface area (Å²) < 4.78 is 27.3. The zero-order valence-electron chi connectivity index (χ0n) is 18.5. The van der Waals surface area contributed by atoms with E-state index in [-0.39, 0.29) is 29.8 Å². The summed E-state index contributed by atoms with van der Waals surface area (Å²) in [6.45, 7) is 6.44. The fourth-order valence-corrected chi connectivity index (χ4v) is 4.25. The van der Waals surface area contributed by atoms with Crippen LogP contribution in [0.5, 0.6) is 0 Å². The van der Waals surface area contributed by atoms with Gasteiger partial charge in [-0.05, 0) is 68.8 Å². The van der Waals surface area contributed by atoms with Crippen molar-refractivity contribution in [3.05, 3.63) is 64.7 Å². The van der Waals surface area contributed by atoms with Crippen LogP contribution in [0.4, 0.5) is 0 Å². The predicted octanol–water partition coefficient (Wildman–Crippen LogP) is 2.95. The molecule has 1 atom stereocenters. The van der Waals surface area contributed by atoms with Gasteiger partial charge in [-0.3, -0.25) is 4.79 Å². The van der Waals surface area contributed by atoms with E-state index in [9.17, 15) is 13.2 Å². The molecule has 0 saturated carbocycles. The zero-order valence-corrected chi connectivity index (χ0v) is 19.3. The highest BCUT2D eigenvalue weighted by molar-refractivity contribution is 7.89. The van der Waals surface area contributed by atoms with Crippen LogP contribution in [0.1, 0.15) is 41.6 Å². The molecule has 0 radical (unpaired) electrons. The van der Waals surface area contributed by atoms with E-state index in [0.717, 1.165) is 23.1 Å². The molecule has 0 aliphatic heterocycles. The average Bonchev–Trinajstić information content (AvgIpc) is 2.70. The number of hydrogen-bond acceptors (Lipinski definition) is 4. The van der Waals surface area contributed by atoms with Crippen LogP contribution in [0.25, 0.3) is 0 Å². The lowest BCUT2D eigenvalue weighted by Crippen LogP contribution is -2.36. The first-order chi connectivity index (χ1) is 14.1. The molecule has 2 rings (SSSR count). The summed E-state index contributed by atoms with van der Waals surface area (Å²) in [6.07, 6.45) is 1.07. The number of rotatable bonds is 10. The van der Waals surface area contributed by atoms with Crippen molar-refractivity contribution in [3.63, 3.8) is 0 Å². The van der Waals surface area contributed by atoms with E-state index in [4.69, 9.17) is 0 Å². The molecule has 30 heavy (non-hydrogen) atoms. The van der Waals surface area contributed by atoms with E-state index < -0.39 is 10.0 Å². The summed E-state index contributed by atoms with van der Waals surface area (Å²) >= 11 is 0. The fourth-order valence-electron chi connectivity index (χ4n) is 3.14. The van der Waals surface area contributed by atoms with E-state index in [1.807, 2.05) is 27.9 Å². The van der Waals surface area contributed by atoms with Crippen molar-refractivity contribution in [1.82, 2.24) is 14.9 Å². The minimum atomic E-state index is -3.63. The van der Waals surface area contributed by atoms with Gasteiger partial charge in [0.15, 0.2) is 0 Å². The molecule has 0 aromatic heterocycles. The molecule has 1 amide bonds. The Bertz CT molecular complexity index is 954. The van der Waals surface area contributed by atoms with Gasteiger partial charge in [0.25, 0.3) is 0 Å². The van der Waals surface area contributed by atoms with E-state index in [1.165, 1.54) is 5.56 Å². The zero-order chi connectivity index (χ0) is 22.3. The number of aryl methyl sites for hydroxylation is 3. The first kappa shape index (κ1) is 24.1. The van der Waals surface area contributed by atoms with Crippen LogP contribution in [-0.4, -0.2) is 46.4 Å². The molecule has 0 aliphatic carbocycles. The summed E-state index contributed by atoms with van der Waals surface area (Å²) in [5.41, 5.74) is 4.36.